The molecule has 0 aliphatic carbocycles. The van der Waals surface area contributed by atoms with Crippen molar-refractivity contribution in [3.8, 4) is 0 Å². The van der Waals surface area contributed by atoms with Crippen LogP contribution in [0.2, 0.25) is 0 Å². The summed E-state index contributed by atoms with van der Waals surface area (Å²) in [6.07, 6.45) is 0. The topological polar surface area (TPSA) is 82.6 Å². The molecule has 1 aromatic carbocycles. The van der Waals surface area contributed by atoms with E-state index >= 15 is 0 Å². The van der Waals surface area contributed by atoms with Gasteiger partial charge in [0.15, 0.2) is 0 Å². The summed E-state index contributed by atoms with van der Waals surface area (Å²) in [4.78, 5) is 21.0. The Kier molecular flexibility index (Phi) is 5.74. The average Bonchev–Trinajstić information content (AvgIpc) is 3.36. The Balaban J connectivity index is 1.27. The zero-order valence-corrected chi connectivity index (χ0v) is 17.5. The van der Waals surface area contributed by atoms with E-state index in [1.54, 1.807) is 27.7 Å². The number of hydrogen-bond donors (Lipinski definition) is 1. The van der Waals surface area contributed by atoms with Gasteiger partial charge in [0.2, 0.25) is 5.91 Å². The number of benzene rings is 1. The Bertz CT molecular complexity index is 1020. The monoisotopic (exact) mass is 436 g/mol. The van der Waals surface area contributed by atoms with Crippen molar-refractivity contribution in [2.75, 3.05) is 32.7 Å². The molecule has 0 atom stereocenters. The molecule has 7 nitrogen and oxygen atoms in total. The van der Waals surface area contributed by atoms with Gasteiger partial charge in [0.25, 0.3) is 10.0 Å². The van der Waals surface area contributed by atoms with Gasteiger partial charge in [0.05, 0.1) is 23.3 Å². The van der Waals surface area contributed by atoms with Gasteiger partial charge in [-0.1, -0.05) is 18.2 Å². The molecular weight excluding hydrogens is 416 g/mol. The number of aromatic nitrogens is 1. The zero-order chi connectivity index (χ0) is 19.6. The number of carbonyl (C=O) groups is 1. The third-order valence-corrected chi connectivity index (χ3v) is 8.42. The molecule has 1 saturated heterocycles. The maximum absolute atomic E-state index is 12.4. The van der Waals surface area contributed by atoms with Gasteiger partial charge in [-0.25, -0.2) is 18.1 Å². The van der Waals surface area contributed by atoms with Crippen LogP contribution in [0.25, 0.3) is 10.2 Å². The van der Waals surface area contributed by atoms with Gasteiger partial charge in [0, 0.05) is 26.2 Å². The van der Waals surface area contributed by atoms with E-state index in [9.17, 15) is 13.2 Å². The highest BCUT2D eigenvalue weighted by molar-refractivity contribution is 7.91. The maximum Gasteiger partial charge on any atom is 0.250 e. The molecule has 28 heavy (non-hydrogen) atoms. The molecule has 2 aromatic heterocycles. The van der Waals surface area contributed by atoms with E-state index < -0.39 is 10.0 Å². The Morgan fingerprint density at radius 3 is 2.61 bits per heavy atom. The lowest BCUT2D eigenvalue weighted by Crippen LogP contribution is -2.50. The summed E-state index contributed by atoms with van der Waals surface area (Å²) < 4.78 is 28.1. The minimum Gasteiger partial charge on any atom is -0.339 e. The number of rotatable bonds is 6. The largest absolute Gasteiger partial charge is 0.339 e. The molecule has 1 aliphatic heterocycles. The van der Waals surface area contributed by atoms with Crippen molar-refractivity contribution >= 4 is 48.8 Å². The highest BCUT2D eigenvalue weighted by atomic mass is 32.2. The summed E-state index contributed by atoms with van der Waals surface area (Å²) in [5.41, 5.74) is 1.02. The van der Waals surface area contributed by atoms with Crippen molar-refractivity contribution in [3.63, 3.8) is 0 Å². The number of sulfonamides is 1. The number of nitrogens with zero attached hydrogens (tertiary/aromatic N) is 3. The SMILES string of the molecule is O=C(CNS(=O)(=O)c1cccs1)N1CCN(Cc2nc3ccccc3s2)CC1. The maximum atomic E-state index is 12.4. The molecule has 1 N–H and O–H groups in total. The predicted molar refractivity (Wildman–Crippen MR) is 111 cm³/mol. The van der Waals surface area contributed by atoms with Crippen molar-refractivity contribution in [1.82, 2.24) is 19.5 Å². The lowest BCUT2D eigenvalue weighted by Gasteiger charge is -2.34. The number of thiazole rings is 1. The third-order valence-electron chi connectivity index (χ3n) is 4.60. The summed E-state index contributed by atoms with van der Waals surface area (Å²) in [5.74, 6) is -0.195. The Morgan fingerprint density at radius 1 is 1.11 bits per heavy atom. The van der Waals surface area contributed by atoms with Gasteiger partial charge >= 0.3 is 0 Å². The van der Waals surface area contributed by atoms with E-state index in [2.05, 4.69) is 20.7 Å². The van der Waals surface area contributed by atoms with Crippen LogP contribution in [0.3, 0.4) is 0 Å². The van der Waals surface area contributed by atoms with E-state index in [0.717, 1.165) is 41.5 Å². The quantitative estimate of drug-likeness (QED) is 0.639. The molecule has 0 spiro atoms. The first-order valence-corrected chi connectivity index (χ1v) is 12.1. The average molecular weight is 437 g/mol. The van der Waals surface area contributed by atoms with Crippen LogP contribution in [0, 0.1) is 0 Å². The van der Waals surface area contributed by atoms with E-state index in [4.69, 9.17) is 0 Å². The fourth-order valence-electron chi connectivity index (χ4n) is 3.09. The van der Waals surface area contributed by atoms with Crippen LogP contribution in [-0.2, 0) is 21.4 Å². The Labute approximate surface area is 171 Å². The first kappa shape index (κ1) is 19.5. The molecule has 3 aromatic rings. The van der Waals surface area contributed by atoms with E-state index in [0.29, 0.717) is 13.1 Å². The highest BCUT2D eigenvalue weighted by Crippen LogP contribution is 2.23. The number of thiophene rings is 1. The van der Waals surface area contributed by atoms with Crippen molar-refractivity contribution in [3.05, 3.63) is 46.8 Å². The number of piperazine rings is 1. The number of para-hydroxylation sites is 1. The minimum atomic E-state index is -3.61. The van der Waals surface area contributed by atoms with E-state index in [-0.39, 0.29) is 16.7 Å². The standard InChI is InChI=1S/C18H20N4O3S3/c23-17(12-19-28(24,25)18-6-3-11-26-18)22-9-7-21(8-10-22)13-16-20-14-4-1-2-5-15(14)27-16/h1-6,11,19H,7-10,12-13H2. The third kappa shape index (κ3) is 4.41. The second kappa shape index (κ2) is 8.26. The molecule has 0 bridgehead atoms. The predicted octanol–water partition coefficient (Wildman–Crippen LogP) is 1.98. The minimum absolute atomic E-state index is 0.195. The number of fused-ring (bicyclic) bond motifs is 1. The normalized spacial score (nSPS) is 15.9. The lowest BCUT2D eigenvalue weighted by atomic mass is 10.3. The van der Waals surface area contributed by atoms with Crippen LogP contribution in [0.15, 0.2) is 46.0 Å². The molecule has 10 heteroatoms. The summed E-state index contributed by atoms with van der Waals surface area (Å²) in [5, 5.41) is 2.77. The van der Waals surface area contributed by atoms with Gasteiger partial charge in [0.1, 0.15) is 9.22 Å². The smallest absolute Gasteiger partial charge is 0.250 e. The molecule has 4 rings (SSSR count). The van der Waals surface area contributed by atoms with Gasteiger partial charge in [-0.2, -0.15) is 0 Å². The fourth-order valence-corrected chi connectivity index (χ4v) is 6.11. The van der Waals surface area contributed by atoms with Gasteiger partial charge in [-0.05, 0) is 23.6 Å². The first-order valence-electron chi connectivity index (χ1n) is 8.89. The van der Waals surface area contributed by atoms with Crippen LogP contribution >= 0.6 is 22.7 Å². The molecule has 0 radical (unpaired) electrons. The van der Waals surface area contributed by atoms with Crippen LogP contribution < -0.4 is 4.72 Å². The molecule has 1 amide bonds. The second-order valence-corrected chi connectivity index (χ2v) is 10.5. The fraction of sp³-hybridized carbons (Fsp3) is 0.333. The van der Waals surface area contributed by atoms with Crippen molar-refractivity contribution in [2.24, 2.45) is 0 Å². The molecule has 0 unspecified atom stereocenters. The van der Waals surface area contributed by atoms with Crippen molar-refractivity contribution in [2.45, 2.75) is 10.8 Å². The van der Waals surface area contributed by atoms with Crippen molar-refractivity contribution in [1.29, 1.82) is 0 Å². The summed E-state index contributed by atoms with van der Waals surface area (Å²) in [6.45, 7) is 3.23. The molecule has 148 valence electrons. The van der Waals surface area contributed by atoms with Crippen molar-refractivity contribution < 1.29 is 13.2 Å². The lowest BCUT2D eigenvalue weighted by molar-refractivity contribution is -0.131. The summed E-state index contributed by atoms with van der Waals surface area (Å²) in [7, 11) is -3.61. The summed E-state index contributed by atoms with van der Waals surface area (Å²) in [6, 6.07) is 11.3. The number of amides is 1. The number of carbonyl (C=O) groups excluding carboxylic acids is 1. The number of nitrogens with one attached hydrogen (secondary N) is 1. The van der Waals surface area contributed by atoms with Crippen LogP contribution in [0.4, 0.5) is 0 Å². The van der Waals surface area contributed by atoms with Gasteiger partial charge < -0.3 is 4.90 Å². The first-order chi connectivity index (χ1) is 13.5. The molecular formula is C18H20N4O3S3. The van der Waals surface area contributed by atoms with E-state index in [1.807, 2.05) is 18.2 Å². The van der Waals surface area contributed by atoms with E-state index in [1.165, 1.54) is 10.8 Å². The Morgan fingerprint density at radius 2 is 1.89 bits per heavy atom. The molecule has 1 aliphatic rings. The molecule has 3 heterocycles. The van der Waals surface area contributed by atoms with Gasteiger partial charge in [-0.15, -0.1) is 22.7 Å². The second-order valence-electron chi connectivity index (χ2n) is 6.49. The van der Waals surface area contributed by atoms with Crippen LogP contribution in [0.5, 0.6) is 0 Å². The number of hydrogen-bond acceptors (Lipinski definition) is 7. The summed E-state index contributed by atoms with van der Waals surface area (Å²) >= 11 is 2.83. The van der Waals surface area contributed by atoms with Crippen LogP contribution in [0.1, 0.15) is 5.01 Å². The molecule has 1 fully saturated rings. The van der Waals surface area contributed by atoms with Gasteiger partial charge in [-0.3, -0.25) is 9.69 Å². The van der Waals surface area contributed by atoms with Crippen LogP contribution in [-0.4, -0.2) is 61.8 Å². The Hall–Kier alpha value is -1.85. The highest BCUT2D eigenvalue weighted by Gasteiger charge is 2.24. The zero-order valence-electron chi connectivity index (χ0n) is 15.1. The molecule has 0 saturated carbocycles.